The Bertz CT molecular complexity index is 512. The Labute approximate surface area is 113 Å². The smallest absolute Gasteiger partial charge is 0.123 e. The zero-order valence-corrected chi connectivity index (χ0v) is 11.2. The van der Waals surface area contributed by atoms with Gasteiger partial charge < -0.3 is 14.8 Å². The van der Waals surface area contributed by atoms with Crippen LogP contribution in [0.4, 0.5) is 0 Å². The molecule has 19 heavy (non-hydrogen) atoms. The van der Waals surface area contributed by atoms with Crippen LogP contribution in [-0.4, -0.2) is 19.1 Å². The van der Waals surface area contributed by atoms with Crippen LogP contribution in [0.3, 0.4) is 0 Å². The van der Waals surface area contributed by atoms with Gasteiger partial charge in [0.2, 0.25) is 0 Å². The Morgan fingerprint density at radius 2 is 1.89 bits per heavy atom. The van der Waals surface area contributed by atoms with Crippen LogP contribution in [-0.2, 0) is 13.2 Å². The van der Waals surface area contributed by atoms with Gasteiger partial charge in [0.05, 0.1) is 12.8 Å². The maximum Gasteiger partial charge on any atom is 0.123 e. The van der Waals surface area contributed by atoms with Gasteiger partial charge in [0.15, 0.2) is 0 Å². The predicted octanol–water partition coefficient (Wildman–Crippen LogP) is 2.39. The first-order valence-electron chi connectivity index (χ1n) is 6.17. The van der Waals surface area contributed by atoms with Crippen molar-refractivity contribution in [3.8, 4) is 11.5 Å². The molecular weight excluding hydrogens is 240 g/mol. The third-order valence-corrected chi connectivity index (χ3v) is 2.71. The molecule has 0 fully saturated rings. The van der Waals surface area contributed by atoms with Crippen molar-refractivity contribution in [2.75, 3.05) is 14.2 Å². The molecule has 1 aromatic carbocycles. The zero-order chi connectivity index (χ0) is 13.5. The molecule has 0 atom stereocenters. The minimum atomic E-state index is 0.535. The van der Waals surface area contributed by atoms with Gasteiger partial charge in [-0.15, -0.1) is 0 Å². The van der Waals surface area contributed by atoms with Crippen molar-refractivity contribution in [3.63, 3.8) is 0 Å². The Hall–Kier alpha value is -2.07. The summed E-state index contributed by atoms with van der Waals surface area (Å²) < 4.78 is 10.9. The molecule has 0 aliphatic carbocycles. The Morgan fingerprint density at radius 1 is 1.11 bits per heavy atom. The first-order valence-corrected chi connectivity index (χ1v) is 6.17. The quantitative estimate of drug-likeness (QED) is 0.864. The fraction of sp³-hybridized carbons (Fsp3) is 0.267. The minimum absolute atomic E-state index is 0.535. The van der Waals surface area contributed by atoms with Crippen molar-refractivity contribution in [3.05, 3.63) is 53.9 Å². The molecule has 4 nitrogen and oxygen atoms in total. The average Bonchev–Trinajstić information content (AvgIpc) is 2.46. The molecule has 0 aliphatic heterocycles. The summed E-state index contributed by atoms with van der Waals surface area (Å²) in [5, 5.41) is 3.07. The van der Waals surface area contributed by atoms with Crippen molar-refractivity contribution in [1.82, 2.24) is 10.3 Å². The zero-order valence-electron chi connectivity index (χ0n) is 11.2. The molecule has 1 N–H and O–H groups in total. The number of rotatable bonds is 6. The fourth-order valence-corrected chi connectivity index (χ4v) is 1.71. The molecule has 0 saturated carbocycles. The van der Waals surface area contributed by atoms with E-state index in [-0.39, 0.29) is 0 Å². The number of methoxy groups -OCH3 is 1. The number of ether oxygens (including phenoxy) is 2. The number of benzene rings is 1. The summed E-state index contributed by atoms with van der Waals surface area (Å²) in [6, 6.07) is 11.7. The van der Waals surface area contributed by atoms with E-state index >= 15 is 0 Å². The van der Waals surface area contributed by atoms with E-state index in [0.29, 0.717) is 6.61 Å². The number of nitrogens with zero attached hydrogens (tertiary/aromatic N) is 1. The van der Waals surface area contributed by atoms with Crippen LogP contribution in [0.5, 0.6) is 11.5 Å². The third-order valence-electron chi connectivity index (χ3n) is 2.71. The predicted molar refractivity (Wildman–Crippen MR) is 74.3 cm³/mol. The number of nitrogens with one attached hydrogen (secondary N) is 1. The molecule has 100 valence electrons. The van der Waals surface area contributed by atoms with Gasteiger partial charge in [-0.3, -0.25) is 4.98 Å². The van der Waals surface area contributed by atoms with Gasteiger partial charge in [-0.25, -0.2) is 0 Å². The van der Waals surface area contributed by atoms with Crippen molar-refractivity contribution < 1.29 is 9.47 Å². The lowest BCUT2D eigenvalue weighted by Crippen LogP contribution is -2.07. The SMILES string of the molecule is CNCc1cc(OCc2ccc(OC)cc2)ccn1. The van der Waals surface area contributed by atoms with Crippen LogP contribution in [0.15, 0.2) is 42.6 Å². The molecule has 1 aromatic heterocycles. The van der Waals surface area contributed by atoms with E-state index in [4.69, 9.17) is 9.47 Å². The van der Waals surface area contributed by atoms with E-state index in [1.165, 1.54) is 0 Å². The summed E-state index contributed by atoms with van der Waals surface area (Å²) >= 11 is 0. The fourth-order valence-electron chi connectivity index (χ4n) is 1.71. The molecule has 2 aromatic rings. The maximum atomic E-state index is 5.74. The average molecular weight is 258 g/mol. The van der Waals surface area contributed by atoms with E-state index in [1.807, 2.05) is 43.4 Å². The van der Waals surface area contributed by atoms with E-state index in [0.717, 1.165) is 29.3 Å². The van der Waals surface area contributed by atoms with Crippen molar-refractivity contribution in [1.29, 1.82) is 0 Å². The van der Waals surface area contributed by atoms with Gasteiger partial charge in [-0.1, -0.05) is 12.1 Å². The second-order valence-corrected chi connectivity index (χ2v) is 4.15. The first-order chi connectivity index (χ1) is 9.31. The van der Waals surface area contributed by atoms with E-state index in [1.54, 1.807) is 13.3 Å². The molecule has 0 saturated heterocycles. The highest BCUT2D eigenvalue weighted by atomic mass is 16.5. The summed E-state index contributed by atoms with van der Waals surface area (Å²) in [6.07, 6.45) is 1.76. The van der Waals surface area contributed by atoms with Crippen LogP contribution in [0.25, 0.3) is 0 Å². The standard InChI is InChI=1S/C15H18N2O2/c1-16-10-13-9-15(7-8-17-13)19-11-12-3-5-14(18-2)6-4-12/h3-9,16H,10-11H2,1-2H3. The molecule has 0 amide bonds. The lowest BCUT2D eigenvalue weighted by Gasteiger charge is -2.08. The van der Waals surface area contributed by atoms with Crippen LogP contribution in [0, 0.1) is 0 Å². The second kappa shape index (κ2) is 6.75. The molecule has 1 heterocycles. The van der Waals surface area contributed by atoms with Crippen molar-refractivity contribution in [2.24, 2.45) is 0 Å². The number of pyridine rings is 1. The molecular formula is C15H18N2O2. The molecule has 0 unspecified atom stereocenters. The highest BCUT2D eigenvalue weighted by Crippen LogP contribution is 2.15. The van der Waals surface area contributed by atoms with E-state index in [9.17, 15) is 0 Å². The van der Waals surface area contributed by atoms with Gasteiger partial charge in [0, 0.05) is 18.8 Å². The molecule has 0 radical (unpaired) electrons. The molecule has 4 heteroatoms. The van der Waals surface area contributed by atoms with Crippen LogP contribution in [0.1, 0.15) is 11.3 Å². The summed E-state index contributed by atoms with van der Waals surface area (Å²) in [4.78, 5) is 4.25. The summed E-state index contributed by atoms with van der Waals surface area (Å²) in [5.41, 5.74) is 2.07. The highest BCUT2D eigenvalue weighted by molar-refractivity contribution is 5.28. The monoisotopic (exact) mass is 258 g/mol. The number of hydrogen-bond donors (Lipinski definition) is 1. The van der Waals surface area contributed by atoms with Gasteiger partial charge >= 0.3 is 0 Å². The normalized spacial score (nSPS) is 10.2. The van der Waals surface area contributed by atoms with E-state index in [2.05, 4.69) is 10.3 Å². The van der Waals surface area contributed by atoms with Crippen molar-refractivity contribution in [2.45, 2.75) is 13.2 Å². The number of hydrogen-bond acceptors (Lipinski definition) is 4. The Kier molecular flexibility index (Phi) is 4.75. The van der Waals surface area contributed by atoms with E-state index < -0.39 is 0 Å². The molecule has 2 rings (SSSR count). The Morgan fingerprint density at radius 3 is 2.58 bits per heavy atom. The molecule has 0 spiro atoms. The van der Waals surface area contributed by atoms with Gasteiger partial charge in [-0.05, 0) is 30.8 Å². The molecule has 0 bridgehead atoms. The Balaban J connectivity index is 1.95. The lowest BCUT2D eigenvalue weighted by atomic mass is 10.2. The summed E-state index contributed by atoms with van der Waals surface area (Å²) in [7, 11) is 3.55. The van der Waals surface area contributed by atoms with Gasteiger partial charge in [-0.2, -0.15) is 0 Å². The highest BCUT2D eigenvalue weighted by Gasteiger charge is 1.99. The number of aromatic nitrogens is 1. The topological polar surface area (TPSA) is 43.4 Å². The minimum Gasteiger partial charge on any atom is -0.497 e. The van der Waals surface area contributed by atoms with Crippen molar-refractivity contribution >= 4 is 0 Å². The van der Waals surface area contributed by atoms with Crippen LogP contribution < -0.4 is 14.8 Å². The maximum absolute atomic E-state index is 5.74. The summed E-state index contributed by atoms with van der Waals surface area (Å²) in [5.74, 6) is 1.68. The summed E-state index contributed by atoms with van der Waals surface area (Å²) in [6.45, 7) is 1.27. The molecule has 0 aliphatic rings. The largest absolute Gasteiger partial charge is 0.497 e. The first kappa shape index (κ1) is 13.4. The van der Waals surface area contributed by atoms with Crippen LogP contribution >= 0.6 is 0 Å². The lowest BCUT2D eigenvalue weighted by molar-refractivity contribution is 0.305. The second-order valence-electron chi connectivity index (χ2n) is 4.15. The van der Waals surface area contributed by atoms with Gasteiger partial charge in [0.1, 0.15) is 18.1 Å². The van der Waals surface area contributed by atoms with Crippen LogP contribution in [0.2, 0.25) is 0 Å². The third kappa shape index (κ3) is 3.96. The van der Waals surface area contributed by atoms with Gasteiger partial charge in [0.25, 0.3) is 0 Å².